The smallest absolute Gasteiger partial charge is 0.0480 e. The van der Waals surface area contributed by atoms with Gasteiger partial charge in [-0.3, -0.25) is 0 Å². The van der Waals surface area contributed by atoms with Crippen LogP contribution in [-0.4, -0.2) is 50.8 Å². The van der Waals surface area contributed by atoms with Crippen LogP contribution in [0.2, 0.25) is 0 Å². The van der Waals surface area contributed by atoms with E-state index in [1.807, 2.05) is 0 Å². The number of nitrogens with zero attached hydrogens (tertiary/aromatic N) is 1. The second-order valence-corrected chi connectivity index (χ2v) is 6.03. The van der Waals surface area contributed by atoms with Gasteiger partial charge in [-0.1, -0.05) is 6.42 Å². The van der Waals surface area contributed by atoms with Crippen LogP contribution < -0.4 is 5.32 Å². The normalized spacial score (nSPS) is 30.5. The number of rotatable bonds is 6. The van der Waals surface area contributed by atoms with E-state index in [4.69, 9.17) is 4.74 Å². The number of hydrogen-bond acceptors (Lipinski definition) is 3. The summed E-state index contributed by atoms with van der Waals surface area (Å²) in [4.78, 5) is 2.51. The van der Waals surface area contributed by atoms with Gasteiger partial charge in [-0.25, -0.2) is 0 Å². The summed E-state index contributed by atoms with van der Waals surface area (Å²) in [7, 11) is 2.26. The molecule has 0 aromatic rings. The molecule has 0 spiro atoms. The maximum Gasteiger partial charge on any atom is 0.0480 e. The highest BCUT2D eigenvalue weighted by Crippen LogP contribution is 2.18. The highest BCUT2D eigenvalue weighted by molar-refractivity contribution is 4.74. The number of hydrogen-bond donors (Lipinski definition) is 1. The lowest BCUT2D eigenvalue weighted by atomic mass is 9.97. The predicted molar refractivity (Wildman–Crippen MR) is 75.9 cm³/mol. The molecule has 2 saturated heterocycles. The zero-order chi connectivity index (χ0) is 12.6. The minimum atomic E-state index is 0.773. The maximum absolute atomic E-state index is 5.83. The van der Waals surface area contributed by atoms with Gasteiger partial charge in [0.2, 0.25) is 0 Å². The molecule has 2 aliphatic heterocycles. The van der Waals surface area contributed by atoms with E-state index in [-0.39, 0.29) is 0 Å². The van der Waals surface area contributed by atoms with Gasteiger partial charge in [-0.15, -0.1) is 0 Å². The van der Waals surface area contributed by atoms with Gasteiger partial charge in [0.05, 0.1) is 0 Å². The van der Waals surface area contributed by atoms with Crippen molar-refractivity contribution in [2.45, 2.75) is 51.0 Å². The molecule has 3 heteroatoms. The third kappa shape index (κ3) is 4.87. The van der Waals surface area contributed by atoms with Crippen molar-refractivity contribution in [2.24, 2.45) is 5.92 Å². The van der Waals surface area contributed by atoms with Crippen LogP contribution in [0.1, 0.15) is 44.9 Å². The average molecular weight is 254 g/mol. The van der Waals surface area contributed by atoms with E-state index in [2.05, 4.69) is 17.3 Å². The first-order valence-electron chi connectivity index (χ1n) is 7.85. The fourth-order valence-electron chi connectivity index (χ4n) is 3.25. The van der Waals surface area contributed by atoms with Gasteiger partial charge >= 0.3 is 0 Å². The van der Waals surface area contributed by atoms with E-state index in [0.717, 1.165) is 25.2 Å². The molecule has 0 aromatic carbocycles. The first-order chi connectivity index (χ1) is 8.86. The maximum atomic E-state index is 5.83. The summed E-state index contributed by atoms with van der Waals surface area (Å²) in [5, 5.41) is 3.47. The van der Waals surface area contributed by atoms with Crippen LogP contribution in [-0.2, 0) is 4.74 Å². The Labute approximate surface area is 112 Å². The summed E-state index contributed by atoms with van der Waals surface area (Å²) >= 11 is 0. The van der Waals surface area contributed by atoms with Gasteiger partial charge in [0.15, 0.2) is 0 Å². The van der Waals surface area contributed by atoms with E-state index in [1.54, 1.807) is 0 Å². The van der Waals surface area contributed by atoms with Crippen molar-refractivity contribution in [1.82, 2.24) is 10.2 Å². The van der Waals surface area contributed by atoms with Crippen LogP contribution in [0.4, 0.5) is 0 Å². The Balaban J connectivity index is 1.47. The first kappa shape index (κ1) is 14.3. The van der Waals surface area contributed by atoms with Crippen LogP contribution in [0.15, 0.2) is 0 Å². The molecule has 3 nitrogen and oxygen atoms in total. The lowest BCUT2D eigenvalue weighted by Crippen LogP contribution is -2.37. The summed E-state index contributed by atoms with van der Waals surface area (Å²) in [6.07, 6.45) is 9.35. The van der Waals surface area contributed by atoms with Crippen LogP contribution in [0.3, 0.4) is 0 Å². The molecule has 2 aliphatic rings. The molecule has 18 heavy (non-hydrogen) atoms. The van der Waals surface area contributed by atoms with Crippen LogP contribution in [0, 0.1) is 5.92 Å². The molecule has 0 amide bonds. The molecule has 0 aliphatic carbocycles. The molecule has 2 unspecified atom stereocenters. The quantitative estimate of drug-likeness (QED) is 0.736. The summed E-state index contributed by atoms with van der Waals surface area (Å²) < 4.78 is 5.83. The lowest BCUT2D eigenvalue weighted by Gasteiger charge is -2.32. The third-order valence-corrected chi connectivity index (χ3v) is 4.59. The summed E-state index contributed by atoms with van der Waals surface area (Å²) in [5.41, 5.74) is 0. The fourth-order valence-corrected chi connectivity index (χ4v) is 3.25. The largest absolute Gasteiger partial charge is 0.381 e. The summed E-state index contributed by atoms with van der Waals surface area (Å²) in [6.45, 7) is 5.61. The molecule has 106 valence electrons. The fraction of sp³-hybridized carbons (Fsp3) is 1.00. The zero-order valence-electron chi connectivity index (χ0n) is 12.0. The minimum Gasteiger partial charge on any atom is -0.381 e. The van der Waals surface area contributed by atoms with E-state index >= 15 is 0 Å². The summed E-state index contributed by atoms with van der Waals surface area (Å²) in [6, 6.07) is 0.773. The first-order valence-corrected chi connectivity index (χ1v) is 7.85. The van der Waals surface area contributed by atoms with Gasteiger partial charge in [0, 0.05) is 19.3 Å². The third-order valence-electron chi connectivity index (χ3n) is 4.59. The Morgan fingerprint density at radius 2 is 2.00 bits per heavy atom. The Morgan fingerprint density at radius 3 is 2.78 bits per heavy atom. The Hall–Kier alpha value is -0.120. The number of ether oxygens (including phenoxy) is 1. The average Bonchev–Trinajstić information content (AvgIpc) is 2.42. The SMILES string of the molecule is CN1CCCCC1CCOCCC1CCCNC1. The minimum absolute atomic E-state index is 0.773. The molecule has 0 aromatic heterocycles. The van der Waals surface area contributed by atoms with E-state index in [9.17, 15) is 0 Å². The van der Waals surface area contributed by atoms with Crippen LogP contribution >= 0.6 is 0 Å². The summed E-state index contributed by atoms with van der Waals surface area (Å²) in [5.74, 6) is 0.858. The monoisotopic (exact) mass is 254 g/mol. The lowest BCUT2D eigenvalue weighted by molar-refractivity contribution is 0.0822. The van der Waals surface area contributed by atoms with Crippen molar-refractivity contribution >= 4 is 0 Å². The number of likely N-dealkylation sites (tertiary alicyclic amines) is 1. The molecule has 2 fully saturated rings. The van der Waals surface area contributed by atoms with Gasteiger partial charge in [0.1, 0.15) is 0 Å². The molecule has 0 saturated carbocycles. The molecule has 2 heterocycles. The molecule has 2 rings (SSSR count). The zero-order valence-corrected chi connectivity index (χ0v) is 12.0. The molecular weight excluding hydrogens is 224 g/mol. The molecular formula is C15H30N2O. The number of nitrogens with one attached hydrogen (secondary N) is 1. The molecule has 0 radical (unpaired) electrons. The van der Waals surface area contributed by atoms with E-state index in [1.165, 1.54) is 64.6 Å². The van der Waals surface area contributed by atoms with Gasteiger partial charge in [-0.05, 0) is 71.1 Å². The number of piperidine rings is 2. The standard InChI is InChI=1S/C15H30N2O/c1-17-10-3-2-6-15(17)8-12-18-11-7-14-5-4-9-16-13-14/h14-16H,2-13H2,1H3. The Bertz CT molecular complexity index is 217. The van der Waals surface area contributed by atoms with Gasteiger partial charge in [0.25, 0.3) is 0 Å². The van der Waals surface area contributed by atoms with Crippen molar-refractivity contribution in [3.05, 3.63) is 0 Å². The topological polar surface area (TPSA) is 24.5 Å². The van der Waals surface area contributed by atoms with Gasteiger partial charge < -0.3 is 15.0 Å². The van der Waals surface area contributed by atoms with Crippen molar-refractivity contribution in [1.29, 1.82) is 0 Å². The van der Waals surface area contributed by atoms with Crippen LogP contribution in [0.25, 0.3) is 0 Å². The van der Waals surface area contributed by atoms with Crippen molar-refractivity contribution in [3.8, 4) is 0 Å². The van der Waals surface area contributed by atoms with E-state index < -0.39 is 0 Å². The Kier molecular flexibility index (Phi) is 6.46. The highest BCUT2D eigenvalue weighted by Gasteiger charge is 2.18. The highest BCUT2D eigenvalue weighted by atomic mass is 16.5. The van der Waals surface area contributed by atoms with Gasteiger partial charge in [-0.2, -0.15) is 0 Å². The Morgan fingerprint density at radius 1 is 1.11 bits per heavy atom. The second kappa shape index (κ2) is 8.13. The molecule has 0 bridgehead atoms. The molecule has 1 N–H and O–H groups in total. The predicted octanol–water partition coefficient (Wildman–Crippen LogP) is 2.27. The molecule has 2 atom stereocenters. The van der Waals surface area contributed by atoms with Crippen molar-refractivity contribution < 1.29 is 4.74 Å². The van der Waals surface area contributed by atoms with E-state index in [0.29, 0.717) is 0 Å². The second-order valence-electron chi connectivity index (χ2n) is 6.03. The van der Waals surface area contributed by atoms with Crippen molar-refractivity contribution in [3.63, 3.8) is 0 Å². The van der Waals surface area contributed by atoms with Crippen LogP contribution in [0.5, 0.6) is 0 Å². The van der Waals surface area contributed by atoms with Crippen molar-refractivity contribution in [2.75, 3.05) is 39.9 Å².